The molecule has 5 heterocycles. The number of aryl methyl sites for hydroxylation is 2. The number of pyridine rings is 1. The summed E-state index contributed by atoms with van der Waals surface area (Å²) < 4.78 is 22.3. The van der Waals surface area contributed by atoms with Crippen LogP contribution in [0.2, 0.25) is 0 Å². The fourth-order valence-corrected chi connectivity index (χ4v) is 6.70. The van der Waals surface area contributed by atoms with Crippen molar-refractivity contribution < 1.29 is 13.9 Å². The van der Waals surface area contributed by atoms with Gasteiger partial charge >= 0.3 is 0 Å². The van der Waals surface area contributed by atoms with Crippen LogP contribution in [0, 0.1) is 31.0 Å². The van der Waals surface area contributed by atoms with Gasteiger partial charge in [-0.25, -0.2) is 14.4 Å². The van der Waals surface area contributed by atoms with Crippen LogP contribution < -0.4 is 10.1 Å². The van der Waals surface area contributed by atoms with Gasteiger partial charge in [0.1, 0.15) is 29.2 Å². The van der Waals surface area contributed by atoms with Gasteiger partial charge in [0.15, 0.2) is 0 Å². The Morgan fingerprint density at radius 2 is 2.02 bits per heavy atom. The first kappa shape index (κ1) is 30.3. The number of aromatic nitrogens is 5. The third kappa shape index (κ3) is 5.98. The molecule has 1 aliphatic rings. The molecule has 0 aliphatic carbocycles. The average Bonchev–Trinajstić information content (AvgIpc) is 3.71. The van der Waals surface area contributed by atoms with Crippen LogP contribution in [-0.2, 0) is 20.2 Å². The molecule has 0 fully saturated rings. The largest absolute Gasteiger partial charge is 0.472 e. The van der Waals surface area contributed by atoms with Gasteiger partial charge in [-0.05, 0) is 68.3 Å². The second kappa shape index (κ2) is 12.4. The number of hydrogen-bond donors (Lipinski definition) is 2. The molecule has 0 saturated heterocycles. The van der Waals surface area contributed by atoms with Crippen molar-refractivity contribution in [1.29, 1.82) is 5.26 Å². The van der Waals surface area contributed by atoms with E-state index in [0.717, 1.165) is 75.6 Å². The Bertz CT molecular complexity index is 2240. The number of fused-ring (bicyclic) bond motifs is 2. The van der Waals surface area contributed by atoms with Gasteiger partial charge in [0.25, 0.3) is 5.91 Å². The third-order valence-electron chi connectivity index (χ3n) is 8.54. The number of H-pyrrole nitrogens is 1. The van der Waals surface area contributed by atoms with Crippen molar-refractivity contribution in [3.05, 3.63) is 105 Å². The van der Waals surface area contributed by atoms with Gasteiger partial charge in [-0.2, -0.15) is 10.4 Å². The first-order valence-electron chi connectivity index (χ1n) is 15.2. The monoisotopic (exact) mass is 646 g/mol. The van der Waals surface area contributed by atoms with Gasteiger partial charge in [0.05, 0.1) is 33.7 Å². The lowest BCUT2D eigenvalue weighted by Gasteiger charge is -2.25. The van der Waals surface area contributed by atoms with Gasteiger partial charge < -0.3 is 14.6 Å². The maximum Gasteiger partial charge on any atom is 0.255 e. The number of nitriles is 1. The lowest BCUT2D eigenvalue weighted by molar-refractivity contribution is 0.102. The highest BCUT2D eigenvalue weighted by Crippen LogP contribution is 2.29. The van der Waals surface area contributed by atoms with E-state index in [-0.39, 0.29) is 18.3 Å². The van der Waals surface area contributed by atoms with E-state index >= 15 is 0 Å². The number of aromatic amines is 1. The van der Waals surface area contributed by atoms with Crippen molar-refractivity contribution in [3.8, 4) is 11.9 Å². The van der Waals surface area contributed by atoms with Gasteiger partial charge in [0, 0.05) is 54.1 Å². The minimum atomic E-state index is -0.389. The lowest BCUT2D eigenvalue weighted by atomic mass is 10.0. The highest BCUT2D eigenvalue weighted by atomic mass is 32.1. The molecule has 4 aromatic heterocycles. The van der Waals surface area contributed by atoms with Gasteiger partial charge in [-0.3, -0.25) is 14.8 Å². The number of ether oxygens (including phenoxy) is 1. The summed E-state index contributed by atoms with van der Waals surface area (Å²) in [6.45, 7) is 5.81. The number of nitrogens with one attached hydrogen (secondary N) is 2. The minimum Gasteiger partial charge on any atom is -0.472 e. The zero-order chi connectivity index (χ0) is 32.7. The molecule has 0 atom stereocenters. The molecule has 47 heavy (non-hydrogen) atoms. The maximum atomic E-state index is 14.4. The number of benzene rings is 2. The van der Waals surface area contributed by atoms with Crippen LogP contribution in [0.4, 0.5) is 10.1 Å². The van der Waals surface area contributed by atoms with Crippen molar-refractivity contribution in [2.75, 3.05) is 18.4 Å². The Balaban J connectivity index is 0.992. The number of anilines is 1. The Hall–Kier alpha value is -5.38. The highest BCUT2D eigenvalue weighted by Gasteiger charge is 2.19. The van der Waals surface area contributed by atoms with Gasteiger partial charge in [-0.15, -0.1) is 11.3 Å². The predicted molar refractivity (Wildman–Crippen MR) is 180 cm³/mol. The molecular formula is C35H31FN8O2S. The summed E-state index contributed by atoms with van der Waals surface area (Å²) in [4.78, 5) is 25.7. The summed E-state index contributed by atoms with van der Waals surface area (Å²) in [5.41, 5.74) is 7.12. The molecule has 0 unspecified atom stereocenters. The molecule has 0 spiro atoms. The Morgan fingerprint density at radius 3 is 2.81 bits per heavy atom. The number of nitrogens with zero attached hydrogens (tertiary/aromatic N) is 6. The van der Waals surface area contributed by atoms with E-state index in [4.69, 9.17) is 9.72 Å². The van der Waals surface area contributed by atoms with Crippen molar-refractivity contribution in [2.24, 2.45) is 7.05 Å². The van der Waals surface area contributed by atoms with E-state index in [2.05, 4.69) is 36.0 Å². The Kier molecular flexibility index (Phi) is 8.01. The van der Waals surface area contributed by atoms with E-state index in [1.54, 1.807) is 19.1 Å². The van der Waals surface area contributed by atoms with Gasteiger partial charge in [0.2, 0.25) is 5.88 Å². The van der Waals surface area contributed by atoms with Crippen LogP contribution in [-0.4, -0.2) is 48.6 Å². The number of amides is 1. The molecule has 1 aliphatic heterocycles. The normalized spacial score (nSPS) is 13.6. The first-order chi connectivity index (χ1) is 22.8. The molecule has 6 aromatic rings. The lowest BCUT2D eigenvalue weighted by Crippen LogP contribution is -2.29. The molecular weight excluding hydrogens is 616 g/mol. The molecule has 10 nitrogen and oxygen atoms in total. The van der Waals surface area contributed by atoms with Crippen LogP contribution in [0.3, 0.4) is 0 Å². The minimum absolute atomic E-state index is 0.0240. The van der Waals surface area contributed by atoms with E-state index in [1.807, 2.05) is 62.5 Å². The molecule has 0 saturated carbocycles. The van der Waals surface area contributed by atoms with Crippen molar-refractivity contribution in [1.82, 2.24) is 29.6 Å². The molecule has 236 valence electrons. The summed E-state index contributed by atoms with van der Waals surface area (Å²) in [5, 5.41) is 20.3. The van der Waals surface area contributed by atoms with Crippen LogP contribution in [0.5, 0.6) is 5.88 Å². The zero-order valence-electron chi connectivity index (χ0n) is 26.1. The zero-order valence-corrected chi connectivity index (χ0v) is 26.9. The van der Waals surface area contributed by atoms with Crippen LogP contribution >= 0.6 is 11.3 Å². The molecule has 0 radical (unpaired) electrons. The first-order valence-corrected chi connectivity index (χ1v) is 16.0. The quantitative estimate of drug-likeness (QED) is 0.190. The summed E-state index contributed by atoms with van der Waals surface area (Å²) >= 11 is 1.11. The summed E-state index contributed by atoms with van der Waals surface area (Å²) in [6, 6.07) is 18.9. The van der Waals surface area contributed by atoms with Crippen LogP contribution in [0.25, 0.3) is 27.5 Å². The SMILES string of the molecule is Cc1c(C#N)sc(COc2cccc(C3=CCN(Cc4nc5cc(NC(=O)c6ccc7n[nH]c(C)c7c6)ccc5n4C)CC3)n2)c1F. The fourth-order valence-electron chi connectivity index (χ4n) is 5.81. The number of imidazole rings is 1. The summed E-state index contributed by atoms with van der Waals surface area (Å²) in [6.07, 6.45) is 2.99. The number of hydrogen-bond acceptors (Lipinski definition) is 8. The van der Waals surface area contributed by atoms with Crippen molar-refractivity contribution >= 4 is 50.4 Å². The molecule has 0 bridgehead atoms. The summed E-state index contributed by atoms with van der Waals surface area (Å²) in [5.74, 6) is 0.774. The standard InChI is InChI=1S/C35H31FN8O2S/c1-20-30(17-37)47-31(34(20)36)19-46-33-6-4-5-26(40-33)22-11-13-44(14-12-22)18-32-39-28-16-24(8-10-29(28)43(32)3)38-35(45)23-7-9-27-25(15-23)21(2)41-42-27/h4-11,15-16H,12-14,18-19H2,1-3H3,(H,38,45)(H,41,42). The topological polar surface area (TPSA) is 125 Å². The number of carbonyl (C=O) groups excluding carboxylic acids is 1. The van der Waals surface area contributed by atoms with Crippen molar-refractivity contribution in [3.63, 3.8) is 0 Å². The number of rotatable bonds is 8. The molecule has 12 heteroatoms. The number of thiophene rings is 1. The molecule has 2 N–H and O–H groups in total. The number of halogens is 1. The van der Waals surface area contributed by atoms with E-state index in [1.165, 1.54) is 0 Å². The third-order valence-corrected chi connectivity index (χ3v) is 9.69. The highest BCUT2D eigenvalue weighted by molar-refractivity contribution is 7.12. The van der Waals surface area contributed by atoms with E-state index in [0.29, 0.717) is 39.0 Å². The second-order valence-corrected chi connectivity index (χ2v) is 12.7. The average molecular weight is 647 g/mol. The molecule has 2 aromatic carbocycles. The van der Waals surface area contributed by atoms with Crippen LogP contribution in [0.1, 0.15) is 49.3 Å². The molecule has 1 amide bonds. The van der Waals surface area contributed by atoms with Gasteiger partial charge in [-0.1, -0.05) is 12.1 Å². The second-order valence-electron chi connectivity index (χ2n) is 11.6. The summed E-state index contributed by atoms with van der Waals surface area (Å²) in [7, 11) is 2.01. The Morgan fingerprint density at radius 1 is 1.15 bits per heavy atom. The van der Waals surface area contributed by atoms with E-state index < -0.39 is 0 Å². The predicted octanol–water partition coefficient (Wildman–Crippen LogP) is 6.65. The van der Waals surface area contributed by atoms with Crippen LogP contribution in [0.15, 0.2) is 60.7 Å². The number of carbonyl (C=O) groups is 1. The molecule has 7 rings (SSSR count). The van der Waals surface area contributed by atoms with E-state index in [9.17, 15) is 14.4 Å². The Labute approximate surface area is 274 Å². The van der Waals surface area contributed by atoms with Crippen molar-refractivity contribution in [2.45, 2.75) is 33.4 Å². The maximum absolute atomic E-state index is 14.4. The smallest absolute Gasteiger partial charge is 0.255 e. The fraction of sp³-hybridized carbons (Fsp3) is 0.229.